The van der Waals surface area contributed by atoms with Gasteiger partial charge in [0, 0.05) is 29.9 Å². The van der Waals surface area contributed by atoms with Crippen LogP contribution in [-0.4, -0.2) is 44.6 Å². The lowest BCUT2D eigenvalue weighted by atomic mass is 10.3. The molecule has 1 aliphatic heterocycles. The van der Waals surface area contributed by atoms with E-state index in [-0.39, 0.29) is 12.2 Å². The highest BCUT2D eigenvalue weighted by Gasteiger charge is 2.32. The standard InChI is InChI=1S/C13H22N2O3S2/c1-4-14-6-12-5-13(9-19-12)20(16,17)15-7-10(2)18-11(3)8-15/h5,9-11,14H,4,6-8H2,1-3H3/t10-,11+. The Balaban J connectivity index is 2.15. The summed E-state index contributed by atoms with van der Waals surface area (Å²) >= 11 is 1.48. The minimum absolute atomic E-state index is 0.0617. The average Bonchev–Trinajstić information content (AvgIpc) is 2.84. The lowest BCUT2D eigenvalue weighted by Gasteiger charge is -2.34. The Morgan fingerprint density at radius 3 is 2.65 bits per heavy atom. The molecule has 0 saturated carbocycles. The van der Waals surface area contributed by atoms with Gasteiger partial charge in [-0.15, -0.1) is 11.3 Å². The molecule has 2 heterocycles. The molecule has 2 rings (SSSR count). The molecule has 7 heteroatoms. The van der Waals surface area contributed by atoms with Gasteiger partial charge in [0.15, 0.2) is 0 Å². The van der Waals surface area contributed by atoms with E-state index in [4.69, 9.17) is 4.74 Å². The van der Waals surface area contributed by atoms with Gasteiger partial charge in [-0.05, 0) is 26.5 Å². The van der Waals surface area contributed by atoms with Crippen molar-refractivity contribution in [2.45, 2.75) is 44.4 Å². The van der Waals surface area contributed by atoms with Crippen molar-refractivity contribution in [3.63, 3.8) is 0 Å². The predicted molar refractivity (Wildman–Crippen MR) is 80.5 cm³/mol. The molecule has 2 atom stereocenters. The fourth-order valence-electron chi connectivity index (χ4n) is 2.31. The number of ether oxygens (including phenoxy) is 1. The molecule has 0 amide bonds. The molecule has 0 unspecified atom stereocenters. The number of rotatable bonds is 5. The maximum atomic E-state index is 12.6. The maximum Gasteiger partial charge on any atom is 0.244 e. The summed E-state index contributed by atoms with van der Waals surface area (Å²) in [6, 6.07) is 1.77. The Morgan fingerprint density at radius 2 is 2.05 bits per heavy atom. The summed E-state index contributed by atoms with van der Waals surface area (Å²) < 4.78 is 32.4. The van der Waals surface area contributed by atoms with Crippen molar-refractivity contribution in [2.24, 2.45) is 0 Å². The quantitative estimate of drug-likeness (QED) is 0.897. The van der Waals surface area contributed by atoms with Gasteiger partial charge < -0.3 is 10.1 Å². The fourth-order valence-corrected chi connectivity index (χ4v) is 5.14. The molecule has 1 aliphatic rings. The molecule has 0 aromatic carbocycles. The van der Waals surface area contributed by atoms with Crippen LogP contribution >= 0.6 is 11.3 Å². The molecular weight excluding hydrogens is 296 g/mol. The van der Waals surface area contributed by atoms with Crippen molar-refractivity contribution >= 4 is 21.4 Å². The number of morpholine rings is 1. The molecule has 0 spiro atoms. The van der Waals surface area contributed by atoms with E-state index < -0.39 is 10.0 Å². The molecule has 114 valence electrons. The van der Waals surface area contributed by atoms with Gasteiger partial charge in [-0.25, -0.2) is 8.42 Å². The molecule has 5 nitrogen and oxygen atoms in total. The Morgan fingerprint density at radius 1 is 1.40 bits per heavy atom. The van der Waals surface area contributed by atoms with Crippen molar-refractivity contribution in [1.82, 2.24) is 9.62 Å². The molecule has 1 saturated heterocycles. The van der Waals surface area contributed by atoms with Gasteiger partial charge in [0.05, 0.1) is 17.1 Å². The first-order valence-electron chi connectivity index (χ1n) is 6.87. The number of nitrogens with one attached hydrogen (secondary N) is 1. The van der Waals surface area contributed by atoms with Crippen molar-refractivity contribution in [2.75, 3.05) is 19.6 Å². The van der Waals surface area contributed by atoms with Crippen molar-refractivity contribution < 1.29 is 13.2 Å². The van der Waals surface area contributed by atoms with Crippen LogP contribution in [0.15, 0.2) is 16.3 Å². The van der Waals surface area contributed by atoms with Crippen LogP contribution in [0.25, 0.3) is 0 Å². The predicted octanol–water partition coefficient (Wildman–Crippen LogP) is 1.66. The van der Waals surface area contributed by atoms with E-state index >= 15 is 0 Å². The summed E-state index contributed by atoms with van der Waals surface area (Å²) in [5.41, 5.74) is 0. The summed E-state index contributed by atoms with van der Waals surface area (Å²) in [5.74, 6) is 0. The minimum Gasteiger partial charge on any atom is -0.373 e. The Kier molecular flexibility index (Phi) is 5.19. The maximum absolute atomic E-state index is 12.6. The third kappa shape index (κ3) is 3.59. The highest BCUT2D eigenvalue weighted by Crippen LogP contribution is 2.25. The second-order valence-electron chi connectivity index (χ2n) is 5.11. The van der Waals surface area contributed by atoms with Crippen LogP contribution < -0.4 is 5.32 Å². The smallest absolute Gasteiger partial charge is 0.244 e. The SMILES string of the molecule is CCNCc1cc(S(=O)(=O)N2C[C@@H](C)O[C@@H](C)C2)cs1. The van der Waals surface area contributed by atoms with Crippen LogP contribution in [0.2, 0.25) is 0 Å². The first-order chi connectivity index (χ1) is 9.43. The van der Waals surface area contributed by atoms with Gasteiger partial charge in [0.1, 0.15) is 0 Å². The number of hydrogen-bond donors (Lipinski definition) is 1. The highest BCUT2D eigenvalue weighted by molar-refractivity contribution is 7.89. The van der Waals surface area contributed by atoms with E-state index in [2.05, 4.69) is 5.32 Å². The van der Waals surface area contributed by atoms with Crippen LogP contribution in [0.4, 0.5) is 0 Å². The van der Waals surface area contributed by atoms with E-state index in [0.29, 0.717) is 24.5 Å². The van der Waals surface area contributed by atoms with Crippen molar-refractivity contribution in [3.05, 3.63) is 16.3 Å². The number of hydrogen-bond acceptors (Lipinski definition) is 5. The minimum atomic E-state index is -3.40. The summed E-state index contributed by atoms with van der Waals surface area (Å²) in [6.07, 6.45) is -0.123. The van der Waals surface area contributed by atoms with E-state index in [1.807, 2.05) is 20.8 Å². The molecular formula is C13H22N2O3S2. The highest BCUT2D eigenvalue weighted by atomic mass is 32.2. The normalized spacial score (nSPS) is 24.9. The zero-order valence-electron chi connectivity index (χ0n) is 12.1. The van der Waals surface area contributed by atoms with Gasteiger partial charge in [-0.1, -0.05) is 6.92 Å². The van der Waals surface area contributed by atoms with Crippen molar-refractivity contribution in [1.29, 1.82) is 0 Å². The van der Waals surface area contributed by atoms with Crippen LogP contribution in [0.3, 0.4) is 0 Å². The molecule has 1 aromatic rings. The van der Waals surface area contributed by atoms with Gasteiger partial charge in [0.25, 0.3) is 0 Å². The Hall–Kier alpha value is -0.470. The fraction of sp³-hybridized carbons (Fsp3) is 0.692. The zero-order chi connectivity index (χ0) is 14.8. The lowest BCUT2D eigenvalue weighted by Crippen LogP contribution is -2.47. The number of sulfonamides is 1. The largest absolute Gasteiger partial charge is 0.373 e. The molecule has 20 heavy (non-hydrogen) atoms. The Labute approximate surface area is 125 Å². The second kappa shape index (κ2) is 6.53. The molecule has 1 N–H and O–H groups in total. The van der Waals surface area contributed by atoms with Crippen LogP contribution in [-0.2, 0) is 21.3 Å². The lowest BCUT2D eigenvalue weighted by molar-refractivity contribution is -0.0440. The van der Waals surface area contributed by atoms with Crippen LogP contribution in [0.5, 0.6) is 0 Å². The summed E-state index contributed by atoms with van der Waals surface area (Å²) in [5, 5.41) is 4.93. The van der Waals surface area contributed by atoms with E-state index in [1.165, 1.54) is 15.6 Å². The molecule has 1 fully saturated rings. The van der Waals surface area contributed by atoms with Gasteiger partial charge in [0.2, 0.25) is 10.0 Å². The third-order valence-corrected chi connectivity index (χ3v) is 6.10. The second-order valence-corrected chi connectivity index (χ2v) is 8.04. The molecule has 1 aromatic heterocycles. The van der Waals surface area contributed by atoms with Crippen LogP contribution in [0, 0.1) is 0 Å². The van der Waals surface area contributed by atoms with Gasteiger partial charge in [-0.2, -0.15) is 4.31 Å². The van der Waals surface area contributed by atoms with E-state index in [0.717, 1.165) is 11.4 Å². The molecule has 0 aliphatic carbocycles. The average molecular weight is 318 g/mol. The molecule has 0 radical (unpaired) electrons. The number of nitrogens with zero attached hydrogens (tertiary/aromatic N) is 1. The Bertz CT molecular complexity index is 532. The topological polar surface area (TPSA) is 58.6 Å². The molecule has 0 bridgehead atoms. The van der Waals surface area contributed by atoms with E-state index in [1.54, 1.807) is 11.4 Å². The van der Waals surface area contributed by atoms with Crippen molar-refractivity contribution in [3.8, 4) is 0 Å². The van der Waals surface area contributed by atoms with E-state index in [9.17, 15) is 8.42 Å². The summed E-state index contributed by atoms with van der Waals surface area (Å²) in [7, 11) is -3.40. The first kappa shape index (κ1) is 15.9. The zero-order valence-corrected chi connectivity index (χ0v) is 13.8. The first-order valence-corrected chi connectivity index (χ1v) is 9.19. The summed E-state index contributed by atoms with van der Waals surface area (Å²) in [4.78, 5) is 1.44. The number of thiophene rings is 1. The third-order valence-electron chi connectivity index (χ3n) is 3.20. The van der Waals surface area contributed by atoms with Crippen LogP contribution in [0.1, 0.15) is 25.6 Å². The summed E-state index contributed by atoms with van der Waals surface area (Å²) in [6.45, 7) is 8.27. The van der Waals surface area contributed by atoms with Gasteiger partial charge >= 0.3 is 0 Å². The monoisotopic (exact) mass is 318 g/mol. The van der Waals surface area contributed by atoms with Gasteiger partial charge in [-0.3, -0.25) is 0 Å².